The molecule has 0 atom stereocenters. The second-order valence-corrected chi connectivity index (χ2v) is 3.66. The van der Waals surface area contributed by atoms with Crippen molar-refractivity contribution in [3.63, 3.8) is 0 Å². The van der Waals surface area contributed by atoms with Crippen molar-refractivity contribution in [1.82, 2.24) is 4.98 Å². The van der Waals surface area contributed by atoms with Crippen molar-refractivity contribution in [2.24, 2.45) is 0 Å². The second-order valence-electron chi connectivity index (χ2n) is 3.66. The van der Waals surface area contributed by atoms with Crippen LogP contribution in [0.3, 0.4) is 0 Å². The molecule has 0 radical (unpaired) electrons. The molecule has 0 spiro atoms. The summed E-state index contributed by atoms with van der Waals surface area (Å²) in [4.78, 5) is 4.25. The van der Waals surface area contributed by atoms with E-state index in [1.54, 1.807) is 7.11 Å². The molecule has 1 aromatic rings. The van der Waals surface area contributed by atoms with E-state index in [4.69, 9.17) is 4.74 Å². The van der Waals surface area contributed by atoms with Crippen LogP contribution >= 0.6 is 0 Å². The van der Waals surface area contributed by atoms with Gasteiger partial charge in [0.1, 0.15) is 0 Å². The highest BCUT2D eigenvalue weighted by Crippen LogP contribution is 2.26. The van der Waals surface area contributed by atoms with Gasteiger partial charge in [0.05, 0.1) is 12.8 Å². The van der Waals surface area contributed by atoms with E-state index < -0.39 is 0 Å². The lowest BCUT2D eigenvalue weighted by molar-refractivity contribution is 0.400. The number of hydrogen-bond donors (Lipinski definition) is 1. The Hall–Kier alpha value is -1.51. The van der Waals surface area contributed by atoms with E-state index in [1.165, 1.54) is 11.1 Å². The highest BCUT2D eigenvalue weighted by Gasteiger charge is 2.05. The molecule has 0 aliphatic heterocycles. The molecule has 1 rings (SSSR count). The van der Waals surface area contributed by atoms with Crippen LogP contribution in [-0.4, -0.2) is 19.1 Å². The van der Waals surface area contributed by atoms with E-state index >= 15 is 0 Å². The van der Waals surface area contributed by atoms with Crippen LogP contribution in [0.4, 0.5) is 5.69 Å². The minimum absolute atomic E-state index is 0.628. The average molecular weight is 236 g/mol. The predicted molar refractivity (Wildman–Crippen MR) is 75.6 cm³/mol. The zero-order chi connectivity index (χ0) is 13.4. The van der Waals surface area contributed by atoms with E-state index in [1.807, 2.05) is 33.2 Å². The standard InChI is InChI=1S/C12H18N2O.C2H6/c1-8(2)9(3)10-6-11(13-4)12(15-5)14-7-10;1-2/h6-7,13H,1-5H3;1-2H3. The predicted octanol–water partition coefficient (Wildman–Crippen LogP) is 3.97. The van der Waals surface area contributed by atoms with Crippen molar-refractivity contribution in [3.05, 3.63) is 23.4 Å². The maximum Gasteiger partial charge on any atom is 0.237 e. The highest BCUT2D eigenvalue weighted by atomic mass is 16.5. The third-order valence-electron chi connectivity index (χ3n) is 2.50. The molecule has 0 bridgehead atoms. The van der Waals surface area contributed by atoms with Gasteiger partial charge in [-0.1, -0.05) is 19.4 Å². The van der Waals surface area contributed by atoms with Crippen LogP contribution in [0.25, 0.3) is 5.57 Å². The van der Waals surface area contributed by atoms with Gasteiger partial charge in [0.15, 0.2) is 0 Å². The fourth-order valence-corrected chi connectivity index (χ4v) is 1.29. The molecule has 0 saturated heterocycles. The van der Waals surface area contributed by atoms with E-state index in [0.29, 0.717) is 5.88 Å². The Morgan fingerprint density at radius 1 is 1.24 bits per heavy atom. The molecule has 1 aromatic heterocycles. The third kappa shape index (κ3) is 4.10. The third-order valence-corrected chi connectivity index (χ3v) is 2.50. The van der Waals surface area contributed by atoms with Crippen LogP contribution in [0.1, 0.15) is 40.2 Å². The molecular weight excluding hydrogens is 212 g/mol. The fourth-order valence-electron chi connectivity index (χ4n) is 1.29. The van der Waals surface area contributed by atoms with Crippen LogP contribution in [0.5, 0.6) is 5.88 Å². The summed E-state index contributed by atoms with van der Waals surface area (Å²) in [7, 11) is 3.48. The molecule has 0 aliphatic rings. The van der Waals surface area contributed by atoms with Gasteiger partial charge in [-0.15, -0.1) is 0 Å². The zero-order valence-electron chi connectivity index (χ0n) is 12.0. The number of nitrogens with zero attached hydrogens (tertiary/aromatic N) is 1. The summed E-state index contributed by atoms with van der Waals surface area (Å²) in [5.41, 5.74) is 4.58. The molecule has 0 aromatic carbocycles. The maximum absolute atomic E-state index is 5.14. The van der Waals surface area contributed by atoms with Crippen molar-refractivity contribution in [1.29, 1.82) is 0 Å². The summed E-state index contributed by atoms with van der Waals surface area (Å²) in [5.74, 6) is 0.628. The molecule has 0 amide bonds. The highest BCUT2D eigenvalue weighted by molar-refractivity contribution is 5.70. The molecule has 1 heterocycles. The van der Waals surface area contributed by atoms with Gasteiger partial charge in [-0.3, -0.25) is 0 Å². The number of nitrogens with one attached hydrogen (secondary N) is 1. The molecule has 96 valence electrons. The maximum atomic E-state index is 5.14. The molecule has 0 unspecified atom stereocenters. The lowest BCUT2D eigenvalue weighted by Crippen LogP contribution is -1.97. The van der Waals surface area contributed by atoms with Crippen LogP contribution in [-0.2, 0) is 0 Å². The molecule has 3 nitrogen and oxygen atoms in total. The van der Waals surface area contributed by atoms with Gasteiger partial charge in [-0.2, -0.15) is 0 Å². The van der Waals surface area contributed by atoms with Crippen LogP contribution in [0, 0.1) is 0 Å². The Kier molecular flexibility index (Phi) is 7.03. The van der Waals surface area contributed by atoms with Gasteiger partial charge < -0.3 is 10.1 Å². The van der Waals surface area contributed by atoms with Gasteiger partial charge in [0.25, 0.3) is 0 Å². The van der Waals surface area contributed by atoms with Gasteiger partial charge >= 0.3 is 0 Å². The Bertz CT molecular complexity index is 380. The second kappa shape index (κ2) is 7.71. The number of methoxy groups -OCH3 is 1. The first kappa shape index (κ1) is 15.5. The van der Waals surface area contributed by atoms with Crippen molar-refractivity contribution < 1.29 is 4.74 Å². The monoisotopic (exact) mass is 236 g/mol. The molecule has 17 heavy (non-hydrogen) atoms. The lowest BCUT2D eigenvalue weighted by atomic mass is 10.1. The number of anilines is 1. The van der Waals surface area contributed by atoms with Crippen LogP contribution < -0.4 is 10.1 Å². The fraction of sp³-hybridized carbons (Fsp3) is 0.500. The number of pyridine rings is 1. The average Bonchev–Trinajstić information content (AvgIpc) is 2.39. The quantitative estimate of drug-likeness (QED) is 0.862. The Morgan fingerprint density at radius 3 is 2.24 bits per heavy atom. The Labute approximate surface area is 105 Å². The van der Waals surface area contributed by atoms with Gasteiger partial charge in [-0.05, 0) is 38.0 Å². The summed E-state index contributed by atoms with van der Waals surface area (Å²) in [6.07, 6.45) is 1.84. The van der Waals surface area contributed by atoms with Gasteiger partial charge in [0, 0.05) is 13.2 Å². The topological polar surface area (TPSA) is 34.2 Å². The number of rotatable bonds is 3. The minimum atomic E-state index is 0.628. The summed E-state index contributed by atoms with van der Waals surface area (Å²) >= 11 is 0. The van der Waals surface area contributed by atoms with Crippen LogP contribution in [0.2, 0.25) is 0 Å². The van der Waals surface area contributed by atoms with E-state index in [9.17, 15) is 0 Å². The van der Waals surface area contributed by atoms with E-state index in [-0.39, 0.29) is 0 Å². The molecule has 0 aliphatic carbocycles. The smallest absolute Gasteiger partial charge is 0.237 e. The SMILES string of the molecule is CC.CNc1cc(C(C)=C(C)C)cnc1OC. The van der Waals surface area contributed by atoms with Crippen molar-refractivity contribution in [2.75, 3.05) is 19.5 Å². The molecular formula is C14H24N2O. The minimum Gasteiger partial charge on any atom is -0.480 e. The normalized spacial score (nSPS) is 8.88. The van der Waals surface area contributed by atoms with Crippen molar-refractivity contribution >= 4 is 11.3 Å². The molecule has 0 fully saturated rings. The molecule has 0 saturated carbocycles. The number of ether oxygens (including phenoxy) is 1. The molecule has 1 N–H and O–H groups in total. The Balaban J connectivity index is 0.00000121. The number of aromatic nitrogens is 1. The van der Waals surface area contributed by atoms with Crippen LogP contribution in [0.15, 0.2) is 17.8 Å². The summed E-state index contributed by atoms with van der Waals surface area (Å²) in [5, 5.41) is 3.07. The van der Waals surface area contributed by atoms with Crippen molar-refractivity contribution in [3.8, 4) is 5.88 Å². The summed E-state index contributed by atoms with van der Waals surface area (Å²) in [6.45, 7) is 10.3. The summed E-state index contributed by atoms with van der Waals surface area (Å²) in [6, 6.07) is 2.05. The largest absolute Gasteiger partial charge is 0.480 e. The van der Waals surface area contributed by atoms with Gasteiger partial charge in [-0.25, -0.2) is 4.98 Å². The van der Waals surface area contributed by atoms with Crippen molar-refractivity contribution in [2.45, 2.75) is 34.6 Å². The number of hydrogen-bond acceptors (Lipinski definition) is 3. The molecule has 3 heteroatoms. The van der Waals surface area contributed by atoms with Gasteiger partial charge in [0.2, 0.25) is 5.88 Å². The number of allylic oxidation sites excluding steroid dienone is 2. The first-order valence-electron chi connectivity index (χ1n) is 5.96. The summed E-state index contributed by atoms with van der Waals surface area (Å²) < 4.78 is 5.14. The Morgan fingerprint density at radius 2 is 1.82 bits per heavy atom. The zero-order valence-corrected chi connectivity index (χ0v) is 12.0. The van der Waals surface area contributed by atoms with E-state index in [0.717, 1.165) is 11.3 Å². The lowest BCUT2D eigenvalue weighted by Gasteiger charge is -2.10. The first-order chi connectivity index (χ1) is 8.10. The van der Waals surface area contributed by atoms with E-state index in [2.05, 4.69) is 31.1 Å². The first-order valence-corrected chi connectivity index (χ1v) is 5.96.